The number of fused-ring (bicyclic) bond motifs is 1. The maximum Gasteiger partial charge on any atom is 0.339 e. The van der Waals surface area contributed by atoms with Crippen molar-refractivity contribution in [3.05, 3.63) is 63.5 Å². The molecule has 1 aromatic carbocycles. The van der Waals surface area contributed by atoms with Gasteiger partial charge in [0.05, 0.1) is 23.9 Å². The van der Waals surface area contributed by atoms with Gasteiger partial charge in [0.1, 0.15) is 17.5 Å². The number of thiophene rings is 1. The van der Waals surface area contributed by atoms with Crippen LogP contribution in [-0.2, 0) is 20.9 Å². The second-order valence-corrected chi connectivity index (χ2v) is 7.65. The summed E-state index contributed by atoms with van der Waals surface area (Å²) in [5.74, 6) is -1.07. The van der Waals surface area contributed by atoms with Crippen molar-refractivity contribution >= 4 is 33.5 Å². The molecule has 0 radical (unpaired) electrons. The van der Waals surface area contributed by atoms with Crippen LogP contribution < -0.4 is 5.56 Å². The monoisotopic (exact) mass is 428 g/mol. The van der Waals surface area contributed by atoms with Crippen molar-refractivity contribution in [1.29, 1.82) is 0 Å². The Morgan fingerprint density at radius 2 is 1.93 bits per heavy atom. The molecule has 0 spiro atoms. The Morgan fingerprint density at radius 3 is 2.63 bits per heavy atom. The molecule has 0 saturated heterocycles. The first-order valence-electron chi connectivity index (χ1n) is 9.92. The number of nitrogens with zero attached hydrogens (tertiary/aromatic N) is 2. The third-order valence-electron chi connectivity index (χ3n) is 4.69. The summed E-state index contributed by atoms with van der Waals surface area (Å²) >= 11 is 1.20. The molecule has 3 aromatic rings. The number of benzene rings is 1. The van der Waals surface area contributed by atoms with Crippen LogP contribution in [-0.4, -0.2) is 28.1 Å². The normalized spacial score (nSPS) is 11.9. The Morgan fingerprint density at radius 1 is 1.17 bits per heavy atom. The summed E-state index contributed by atoms with van der Waals surface area (Å²) in [4.78, 5) is 42.9. The molecule has 8 heteroatoms. The quantitative estimate of drug-likeness (QED) is 0.376. The predicted molar refractivity (Wildman–Crippen MR) is 115 cm³/mol. The van der Waals surface area contributed by atoms with Crippen LogP contribution in [0.25, 0.3) is 10.2 Å². The second-order valence-electron chi connectivity index (χ2n) is 6.79. The van der Waals surface area contributed by atoms with Crippen molar-refractivity contribution in [1.82, 2.24) is 9.55 Å². The standard InChI is InChI=1S/C22H24N2O5S/c1-3-5-11-28-21(26)16-13-30-19-18(16)20(25)24(14-23-19)17(4-2)22(27)29-12-15-9-7-6-8-10-15/h6-10,13-14,17H,3-5,11-12H2,1-2H3. The van der Waals surface area contributed by atoms with E-state index in [1.54, 1.807) is 12.3 Å². The highest BCUT2D eigenvalue weighted by atomic mass is 32.1. The number of carbonyl (C=O) groups is 2. The van der Waals surface area contributed by atoms with Crippen molar-refractivity contribution in [3.8, 4) is 0 Å². The molecule has 0 N–H and O–H groups in total. The Labute approximate surface area is 178 Å². The van der Waals surface area contributed by atoms with E-state index in [0.717, 1.165) is 18.4 Å². The van der Waals surface area contributed by atoms with Crippen LogP contribution >= 0.6 is 11.3 Å². The minimum absolute atomic E-state index is 0.119. The number of ether oxygens (including phenoxy) is 2. The van der Waals surface area contributed by atoms with Crippen LogP contribution in [0, 0.1) is 0 Å². The zero-order valence-corrected chi connectivity index (χ0v) is 17.8. The van der Waals surface area contributed by atoms with E-state index in [-0.39, 0.29) is 17.6 Å². The minimum Gasteiger partial charge on any atom is -0.462 e. The molecular weight excluding hydrogens is 404 g/mol. The Hall–Kier alpha value is -3.00. The van der Waals surface area contributed by atoms with Crippen LogP contribution in [0.4, 0.5) is 0 Å². The highest BCUT2D eigenvalue weighted by Gasteiger charge is 2.25. The molecule has 0 saturated carbocycles. The topological polar surface area (TPSA) is 87.5 Å². The molecule has 7 nitrogen and oxygen atoms in total. The molecule has 1 unspecified atom stereocenters. The Balaban J connectivity index is 1.85. The lowest BCUT2D eigenvalue weighted by Crippen LogP contribution is -2.31. The average molecular weight is 429 g/mol. The largest absolute Gasteiger partial charge is 0.462 e. The van der Waals surface area contributed by atoms with Crippen LogP contribution in [0.2, 0.25) is 0 Å². The molecule has 0 bridgehead atoms. The van der Waals surface area contributed by atoms with Gasteiger partial charge in [-0.3, -0.25) is 9.36 Å². The maximum atomic E-state index is 13.1. The lowest BCUT2D eigenvalue weighted by atomic mass is 10.2. The van der Waals surface area contributed by atoms with E-state index < -0.39 is 23.5 Å². The van der Waals surface area contributed by atoms with Gasteiger partial charge in [-0.1, -0.05) is 50.6 Å². The number of rotatable bonds is 9. The van der Waals surface area contributed by atoms with Gasteiger partial charge < -0.3 is 9.47 Å². The summed E-state index contributed by atoms with van der Waals surface area (Å²) in [6.45, 7) is 4.20. The minimum atomic E-state index is -0.832. The molecule has 0 aliphatic heterocycles. The van der Waals surface area contributed by atoms with Crippen LogP contribution in [0.15, 0.2) is 46.8 Å². The number of unbranched alkanes of at least 4 members (excludes halogenated alkanes) is 1. The van der Waals surface area contributed by atoms with Gasteiger partial charge >= 0.3 is 11.9 Å². The Kier molecular flexibility index (Phi) is 7.35. The first kappa shape index (κ1) is 21.7. The third-order valence-corrected chi connectivity index (χ3v) is 5.58. The predicted octanol–water partition coefficient (Wildman–Crippen LogP) is 4.11. The molecule has 1 atom stereocenters. The fourth-order valence-corrected chi connectivity index (χ4v) is 3.87. The average Bonchev–Trinajstić information content (AvgIpc) is 3.20. The molecular formula is C22H24N2O5S. The molecule has 158 valence electrons. The van der Waals surface area contributed by atoms with E-state index in [9.17, 15) is 14.4 Å². The summed E-state index contributed by atoms with van der Waals surface area (Å²) < 4.78 is 11.9. The summed E-state index contributed by atoms with van der Waals surface area (Å²) in [5.41, 5.74) is 0.592. The first-order chi connectivity index (χ1) is 14.6. The van der Waals surface area contributed by atoms with Crippen molar-refractivity contribution in [3.63, 3.8) is 0 Å². The summed E-state index contributed by atoms with van der Waals surface area (Å²) in [6.07, 6.45) is 3.34. The van der Waals surface area contributed by atoms with Crippen molar-refractivity contribution < 1.29 is 19.1 Å². The zero-order valence-electron chi connectivity index (χ0n) is 17.0. The fraction of sp³-hybridized carbons (Fsp3) is 0.364. The van der Waals surface area contributed by atoms with Gasteiger partial charge in [0.15, 0.2) is 0 Å². The number of hydrogen-bond donors (Lipinski definition) is 0. The van der Waals surface area contributed by atoms with Gasteiger partial charge in [-0.15, -0.1) is 11.3 Å². The van der Waals surface area contributed by atoms with Crippen molar-refractivity contribution in [2.45, 2.75) is 45.8 Å². The van der Waals surface area contributed by atoms with E-state index in [4.69, 9.17) is 9.47 Å². The van der Waals surface area contributed by atoms with Crippen LogP contribution in [0.1, 0.15) is 55.1 Å². The lowest BCUT2D eigenvalue weighted by Gasteiger charge is -2.17. The zero-order chi connectivity index (χ0) is 21.5. The Bertz CT molecular complexity index is 1070. The fourth-order valence-electron chi connectivity index (χ4n) is 3.01. The van der Waals surface area contributed by atoms with E-state index in [1.807, 2.05) is 37.3 Å². The van der Waals surface area contributed by atoms with Gasteiger partial charge in [-0.05, 0) is 18.4 Å². The molecule has 0 amide bonds. The summed E-state index contributed by atoms with van der Waals surface area (Å²) in [5, 5.41) is 1.75. The van der Waals surface area contributed by atoms with Crippen LogP contribution in [0.3, 0.4) is 0 Å². The molecule has 0 aliphatic carbocycles. The van der Waals surface area contributed by atoms with Crippen molar-refractivity contribution in [2.24, 2.45) is 0 Å². The number of aromatic nitrogens is 2. The van der Waals surface area contributed by atoms with E-state index in [0.29, 0.717) is 17.9 Å². The summed E-state index contributed by atoms with van der Waals surface area (Å²) in [7, 11) is 0. The SMILES string of the molecule is CCCCOC(=O)c1csc2ncn(C(CC)C(=O)OCc3ccccc3)c(=O)c12. The lowest BCUT2D eigenvalue weighted by molar-refractivity contribution is -0.149. The highest BCUT2D eigenvalue weighted by Crippen LogP contribution is 2.23. The van der Waals surface area contributed by atoms with E-state index in [1.165, 1.54) is 22.2 Å². The second kappa shape index (κ2) is 10.2. The van der Waals surface area contributed by atoms with Gasteiger partial charge in [0.25, 0.3) is 5.56 Å². The molecule has 2 heterocycles. The number of hydrogen-bond acceptors (Lipinski definition) is 7. The molecule has 0 aliphatic rings. The van der Waals surface area contributed by atoms with Gasteiger partial charge in [-0.2, -0.15) is 0 Å². The van der Waals surface area contributed by atoms with Crippen molar-refractivity contribution in [2.75, 3.05) is 6.61 Å². The third kappa shape index (κ3) is 4.76. The summed E-state index contributed by atoms with van der Waals surface area (Å²) in [6, 6.07) is 8.49. The first-order valence-corrected chi connectivity index (χ1v) is 10.8. The van der Waals surface area contributed by atoms with Gasteiger partial charge in [-0.25, -0.2) is 14.6 Å². The molecule has 3 rings (SSSR count). The van der Waals surface area contributed by atoms with E-state index in [2.05, 4.69) is 4.98 Å². The maximum absolute atomic E-state index is 13.1. The molecule has 0 fully saturated rings. The van der Waals surface area contributed by atoms with E-state index >= 15 is 0 Å². The molecule has 30 heavy (non-hydrogen) atoms. The molecule has 2 aromatic heterocycles. The number of carbonyl (C=O) groups excluding carboxylic acids is 2. The highest BCUT2D eigenvalue weighted by molar-refractivity contribution is 7.17. The van der Waals surface area contributed by atoms with Gasteiger partial charge in [0.2, 0.25) is 0 Å². The van der Waals surface area contributed by atoms with Crippen LogP contribution in [0.5, 0.6) is 0 Å². The smallest absolute Gasteiger partial charge is 0.339 e. The van der Waals surface area contributed by atoms with Gasteiger partial charge in [0, 0.05) is 5.38 Å². The number of esters is 2.